The van der Waals surface area contributed by atoms with Gasteiger partial charge in [0, 0.05) is 22.3 Å². The van der Waals surface area contributed by atoms with Crippen LogP contribution in [0.2, 0.25) is 0 Å². The molecule has 0 atom stereocenters. The summed E-state index contributed by atoms with van der Waals surface area (Å²) in [7, 11) is 0. The molecule has 0 aliphatic carbocycles. The van der Waals surface area contributed by atoms with Gasteiger partial charge in [0.2, 0.25) is 0 Å². The summed E-state index contributed by atoms with van der Waals surface area (Å²) < 4.78 is 2.89. The van der Waals surface area contributed by atoms with Crippen LogP contribution in [-0.4, -0.2) is 14.5 Å². The molecule has 0 unspecified atom stereocenters. The van der Waals surface area contributed by atoms with Gasteiger partial charge in [0.1, 0.15) is 6.33 Å². The van der Waals surface area contributed by atoms with Crippen molar-refractivity contribution in [2.24, 2.45) is 0 Å². The Kier molecular flexibility index (Phi) is 2.79. The number of halogens is 1. The SMILES string of the molecule is O=[N+]([O-])c1ccc2c(c1)ncn2-c1ccc(Br)cc1. The molecule has 0 bridgehead atoms. The lowest BCUT2D eigenvalue weighted by Crippen LogP contribution is -1.92. The van der Waals surface area contributed by atoms with E-state index < -0.39 is 4.92 Å². The third-order valence-corrected chi connectivity index (χ3v) is 3.38. The zero-order valence-corrected chi connectivity index (χ0v) is 11.2. The first-order valence-corrected chi connectivity index (χ1v) is 6.32. The van der Waals surface area contributed by atoms with Crippen LogP contribution >= 0.6 is 15.9 Å². The van der Waals surface area contributed by atoms with Crippen LogP contribution in [0.25, 0.3) is 16.7 Å². The Morgan fingerprint density at radius 2 is 1.89 bits per heavy atom. The zero-order valence-electron chi connectivity index (χ0n) is 9.65. The highest BCUT2D eigenvalue weighted by Gasteiger charge is 2.10. The van der Waals surface area contributed by atoms with E-state index in [1.54, 1.807) is 12.4 Å². The average Bonchev–Trinajstić information content (AvgIpc) is 2.82. The van der Waals surface area contributed by atoms with Crippen molar-refractivity contribution < 1.29 is 4.92 Å². The summed E-state index contributed by atoms with van der Waals surface area (Å²) in [5, 5.41) is 10.7. The number of imidazole rings is 1. The molecular weight excluding hydrogens is 310 g/mol. The van der Waals surface area contributed by atoms with Crippen molar-refractivity contribution >= 4 is 32.7 Å². The van der Waals surface area contributed by atoms with E-state index in [1.807, 2.05) is 28.8 Å². The van der Waals surface area contributed by atoms with Gasteiger partial charge in [-0.3, -0.25) is 14.7 Å². The number of nitro groups is 1. The average molecular weight is 318 g/mol. The van der Waals surface area contributed by atoms with E-state index in [9.17, 15) is 10.1 Å². The van der Waals surface area contributed by atoms with Crippen molar-refractivity contribution in [3.8, 4) is 5.69 Å². The van der Waals surface area contributed by atoms with Gasteiger partial charge in [0.25, 0.3) is 5.69 Å². The second-order valence-electron chi connectivity index (χ2n) is 4.02. The van der Waals surface area contributed by atoms with Crippen LogP contribution in [0.3, 0.4) is 0 Å². The fourth-order valence-electron chi connectivity index (χ4n) is 1.92. The number of fused-ring (bicyclic) bond motifs is 1. The summed E-state index contributed by atoms with van der Waals surface area (Å²) >= 11 is 3.38. The van der Waals surface area contributed by atoms with Crippen molar-refractivity contribution in [2.75, 3.05) is 0 Å². The summed E-state index contributed by atoms with van der Waals surface area (Å²) in [6.07, 6.45) is 1.66. The van der Waals surface area contributed by atoms with Crippen molar-refractivity contribution in [3.05, 3.63) is 63.4 Å². The van der Waals surface area contributed by atoms with E-state index in [0.29, 0.717) is 5.52 Å². The lowest BCUT2D eigenvalue weighted by atomic mass is 10.2. The maximum Gasteiger partial charge on any atom is 0.271 e. The van der Waals surface area contributed by atoms with E-state index in [1.165, 1.54) is 12.1 Å². The fraction of sp³-hybridized carbons (Fsp3) is 0. The molecule has 3 rings (SSSR count). The predicted octanol–water partition coefficient (Wildman–Crippen LogP) is 3.70. The number of aromatic nitrogens is 2. The minimum Gasteiger partial charge on any atom is -0.299 e. The van der Waals surface area contributed by atoms with Gasteiger partial charge in [0.15, 0.2) is 0 Å². The van der Waals surface area contributed by atoms with Crippen LogP contribution < -0.4 is 0 Å². The van der Waals surface area contributed by atoms with E-state index in [-0.39, 0.29) is 5.69 Å². The number of nitrogens with zero attached hydrogens (tertiary/aromatic N) is 3. The number of rotatable bonds is 2. The maximum absolute atomic E-state index is 10.7. The Morgan fingerprint density at radius 3 is 2.58 bits per heavy atom. The lowest BCUT2D eigenvalue weighted by Gasteiger charge is -2.03. The van der Waals surface area contributed by atoms with Gasteiger partial charge >= 0.3 is 0 Å². The van der Waals surface area contributed by atoms with E-state index >= 15 is 0 Å². The topological polar surface area (TPSA) is 61.0 Å². The van der Waals surface area contributed by atoms with Gasteiger partial charge in [-0.1, -0.05) is 15.9 Å². The zero-order chi connectivity index (χ0) is 13.4. The molecule has 19 heavy (non-hydrogen) atoms. The van der Waals surface area contributed by atoms with Crippen molar-refractivity contribution in [1.82, 2.24) is 9.55 Å². The Hall–Kier alpha value is -2.21. The first-order valence-electron chi connectivity index (χ1n) is 5.52. The Labute approximate surface area is 116 Å². The van der Waals surface area contributed by atoms with Crippen LogP contribution in [0.5, 0.6) is 0 Å². The molecule has 6 heteroatoms. The van der Waals surface area contributed by atoms with Crippen LogP contribution in [-0.2, 0) is 0 Å². The largest absolute Gasteiger partial charge is 0.299 e. The molecule has 0 aliphatic rings. The summed E-state index contributed by atoms with van der Waals surface area (Å²) in [5.74, 6) is 0. The summed E-state index contributed by atoms with van der Waals surface area (Å²) in [4.78, 5) is 14.5. The Balaban J connectivity index is 2.15. The second kappa shape index (κ2) is 4.47. The molecule has 1 heterocycles. The molecule has 0 aliphatic heterocycles. The van der Waals surface area contributed by atoms with Crippen LogP contribution in [0, 0.1) is 10.1 Å². The maximum atomic E-state index is 10.7. The van der Waals surface area contributed by atoms with Gasteiger partial charge in [-0.25, -0.2) is 4.98 Å². The van der Waals surface area contributed by atoms with Crippen molar-refractivity contribution in [2.45, 2.75) is 0 Å². The highest BCUT2D eigenvalue weighted by molar-refractivity contribution is 9.10. The summed E-state index contributed by atoms with van der Waals surface area (Å²) in [5.41, 5.74) is 2.46. The third kappa shape index (κ3) is 2.10. The lowest BCUT2D eigenvalue weighted by molar-refractivity contribution is -0.384. The highest BCUT2D eigenvalue weighted by atomic mass is 79.9. The number of nitro benzene ring substituents is 1. The van der Waals surface area contributed by atoms with Crippen molar-refractivity contribution in [3.63, 3.8) is 0 Å². The monoisotopic (exact) mass is 317 g/mol. The molecule has 0 fully saturated rings. The predicted molar refractivity (Wildman–Crippen MR) is 75.4 cm³/mol. The first kappa shape index (κ1) is 11.9. The van der Waals surface area contributed by atoms with Gasteiger partial charge in [-0.15, -0.1) is 0 Å². The van der Waals surface area contributed by atoms with Gasteiger partial charge < -0.3 is 0 Å². The standard InChI is InChI=1S/C13H8BrN3O2/c14-9-1-3-10(4-2-9)16-8-15-12-7-11(17(18)19)5-6-13(12)16/h1-8H. The molecule has 0 saturated heterocycles. The van der Waals surface area contributed by atoms with E-state index in [0.717, 1.165) is 15.7 Å². The third-order valence-electron chi connectivity index (χ3n) is 2.85. The molecule has 2 aromatic carbocycles. The molecule has 0 spiro atoms. The van der Waals surface area contributed by atoms with E-state index in [2.05, 4.69) is 20.9 Å². The summed E-state index contributed by atoms with van der Waals surface area (Å²) in [6, 6.07) is 12.4. The molecular formula is C13H8BrN3O2. The Bertz CT molecular complexity index is 765. The number of benzene rings is 2. The molecule has 94 valence electrons. The minimum absolute atomic E-state index is 0.0496. The van der Waals surface area contributed by atoms with E-state index in [4.69, 9.17) is 0 Å². The molecule has 0 radical (unpaired) electrons. The highest BCUT2D eigenvalue weighted by Crippen LogP contribution is 2.23. The molecule has 0 N–H and O–H groups in total. The van der Waals surface area contributed by atoms with Gasteiger partial charge in [0.05, 0.1) is 16.0 Å². The quantitative estimate of drug-likeness (QED) is 0.535. The normalized spacial score (nSPS) is 10.8. The second-order valence-corrected chi connectivity index (χ2v) is 4.94. The number of hydrogen-bond acceptors (Lipinski definition) is 3. The number of non-ortho nitro benzene ring substituents is 1. The smallest absolute Gasteiger partial charge is 0.271 e. The minimum atomic E-state index is -0.419. The summed E-state index contributed by atoms with van der Waals surface area (Å²) in [6.45, 7) is 0. The molecule has 1 aromatic heterocycles. The van der Waals surface area contributed by atoms with Crippen LogP contribution in [0.4, 0.5) is 5.69 Å². The van der Waals surface area contributed by atoms with Crippen molar-refractivity contribution in [1.29, 1.82) is 0 Å². The molecule has 0 amide bonds. The molecule has 3 aromatic rings. The van der Waals surface area contributed by atoms with Gasteiger partial charge in [-0.2, -0.15) is 0 Å². The molecule has 5 nitrogen and oxygen atoms in total. The Morgan fingerprint density at radius 1 is 1.16 bits per heavy atom. The number of hydrogen-bond donors (Lipinski definition) is 0. The van der Waals surface area contributed by atoms with Crippen LogP contribution in [0.15, 0.2) is 53.3 Å². The molecule has 0 saturated carbocycles. The fourth-order valence-corrected chi connectivity index (χ4v) is 2.19. The van der Waals surface area contributed by atoms with Crippen LogP contribution in [0.1, 0.15) is 0 Å². The first-order chi connectivity index (χ1) is 9.15. The van der Waals surface area contributed by atoms with Gasteiger partial charge in [-0.05, 0) is 30.3 Å².